The summed E-state index contributed by atoms with van der Waals surface area (Å²) in [5.41, 5.74) is 3.87. The molecule has 0 bridgehead atoms. The third-order valence-electron chi connectivity index (χ3n) is 3.25. The monoisotopic (exact) mass is 265 g/mol. The SMILES string of the molecule is C=C(CC)CC(NCCC)c1cc(Cl)ccc1C. The van der Waals surface area contributed by atoms with Crippen LogP contribution >= 0.6 is 11.6 Å². The van der Waals surface area contributed by atoms with Crippen molar-refractivity contribution >= 4 is 11.6 Å². The van der Waals surface area contributed by atoms with E-state index in [0.717, 1.165) is 30.8 Å². The maximum Gasteiger partial charge on any atom is 0.0409 e. The van der Waals surface area contributed by atoms with Crippen molar-refractivity contribution in [3.05, 3.63) is 46.5 Å². The van der Waals surface area contributed by atoms with Crippen LogP contribution in [0.2, 0.25) is 5.02 Å². The van der Waals surface area contributed by atoms with Gasteiger partial charge in [-0.25, -0.2) is 0 Å². The molecule has 1 N–H and O–H groups in total. The van der Waals surface area contributed by atoms with Crippen LogP contribution in [0.15, 0.2) is 30.4 Å². The van der Waals surface area contributed by atoms with Gasteiger partial charge in [0.15, 0.2) is 0 Å². The average Bonchev–Trinajstić information content (AvgIpc) is 2.37. The fraction of sp³-hybridized carbons (Fsp3) is 0.500. The molecule has 0 spiro atoms. The molecule has 1 aromatic carbocycles. The molecule has 0 saturated carbocycles. The fourth-order valence-corrected chi connectivity index (χ4v) is 2.21. The lowest BCUT2D eigenvalue weighted by atomic mass is 9.95. The lowest BCUT2D eigenvalue weighted by Crippen LogP contribution is -2.23. The minimum atomic E-state index is 0.330. The molecule has 0 heterocycles. The molecule has 100 valence electrons. The molecule has 1 nitrogen and oxygen atoms in total. The first-order valence-corrected chi connectivity index (χ1v) is 7.12. The van der Waals surface area contributed by atoms with Gasteiger partial charge < -0.3 is 5.32 Å². The van der Waals surface area contributed by atoms with Crippen molar-refractivity contribution in [2.24, 2.45) is 0 Å². The van der Waals surface area contributed by atoms with Crippen LogP contribution in [-0.4, -0.2) is 6.54 Å². The normalized spacial score (nSPS) is 12.4. The van der Waals surface area contributed by atoms with Gasteiger partial charge in [0.05, 0.1) is 0 Å². The molecule has 0 fully saturated rings. The van der Waals surface area contributed by atoms with Crippen molar-refractivity contribution in [1.82, 2.24) is 5.32 Å². The van der Waals surface area contributed by atoms with E-state index in [9.17, 15) is 0 Å². The predicted octanol–water partition coefficient (Wildman–Crippen LogP) is 5.05. The zero-order valence-corrected chi connectivity index (χ0v) is 12.5. The lowest BCUT2D eigenvalue weighted by Gasteiger charge is -2.22. The summed E-state index contributed by atoms with van der Waals surface area (Å²) in [5.74, 6) is 0. The fourth-order valence-electron chi connectivity index (χ4n) is 2.03. The molecule has 0 aliphatic heterocycles. The smallest absolute Gasteiger partial charge is 0.0409 e. The van der Waals surface area contributed by atoms with Gasteiger partial charge in [-0.3, -0.25) is 0 Å². The van der Waals surface area contributed by atoms with Gasteiger partial charge in [-0.05, 0) is 56.0 Å². The summed E-state index contributed by atoms with van der Waals surface area (Å²) < 4.78 is 0. The summed E-state index contributed by atoms with van der Waals surface area (Å²) in [6.45, 7) is 11.6. The van der Waals surface area contributed by atoms with Crippen LogP contribution < -0.4 is 5.32 Å². The highest BCUT2D eigenvalue weighted by atomic mass is 35.5. The number of hydrogen-bond donors (Lipinski definition) is 1. The molecule has 0 saturated heterocycles. The second kappa shape index (κ2) is 7.60. The summed E-state index contributed by atoms with van der Waals surface area (Å²) in [5, 5.41) is 4.41. The molecule has 1 atom stereocenters. The largest absolute Gasteiger partial charge is 0.310 e. The Morgan fingerprint density at radius 3 is 2.72 bits per heavy atom. The second-order valence-corrected chi connectivity index (χ2v) is 5.25. The lowest BCUT2D eigenvalue weighted by molar-refractivity contribution is 0.521. The van der Waals surface area contributed by atoms with Crippen LogP contribution in [0.3, 0.4) is 0 Å². The van der Waals surface area contributed by atoms with E-state index in [4.69, 9.17) is 11.6 Å². The van der Waals surface area contributed by atoms with Crippen LogP contribution in [-0.2, 0) is 0 Å². The standard InChI is InChI=1S/C16H24ClN/c1-5-9-18-16(10-12(3)6-2)15-11-14(17)8-7-13(15)4/h7-8,11,16,18H,3,5-6,9-10H2,1-2,4H3. The van der Waals surface area contributed by atoms with Gasteiger partial charge >= 0.3 is 0 Å². The summed E-state index contributed by atoms with van der Waals surface area (Å²) in [7, 11) is 0. The zero-order chi connectivity index (χ0) is 13.5. The van der Waals surface area contributed by atoms with Gasteiger partial charge in [0.2, 0.25) is 0 Å². The van der Waals surface area contributed by atoms with Crippen LogP contribution in [0.4, 0.5) is 0 Å². The molecular weight excluding hydrogens is 242 g/mol. The van der Waals surface area contributed by atoms with E-state index < -0.39 is 0 Å². The van der Waals surface area contributed by atoms with Crippen LogP contribution in [0.5, 0.6) is 0 Å². The van der Waals surface area contributed by atoms with Crippen LogP contribution in [0.1, 0.15) is 50.3 Å². The summed E-state index contributed by atoms with van der Waals surface area (Å²) in [6, 6.07) is 6.45. The molecule has 0 radical (unpaired) electrons. The van der Waals surface area contributed by atoms with E-state index in [2.05, 4.69) is 44.8 Å². The minimum absolute atomic E-state index is 0.330. The van der Waals surface area contributed by atoms with E-state index in [0.29, 0.717) is 6.04 Å². The molecule has 1 unspecified atom stereocenters. The predicted molar refractivity (Wildman–Crippen MR) is 81.3 cm³/mol. The molecule has 1 aromatic rings. The van der Waals surface area contributed by atoms with Gasteiger partial charge in [0.1, 0.15) is 0 Å². The summed E-state index contributed by atoms with van der Waals surface area (Å²) in [4.78, 5) is 0. The van der Waals surface area contributed by atoms with Gasteiger partial charge in [-0.2, -0.15) is 0 Å². The third kappa shape index (κ3) is 4.47. The quantitative estimate of drug-likeness (QED) is 0.681. The Morgan fingerprint density at radius 1 is 1.39 bits per heavy atom. The molecule has 1 rings (SSSR count). The minimum Gasteiger partial charge on any atom is -0.310 e. The van der Waals surface area contributed by atoms with E-state index in [-0.39, 0.29) is 0 Å². The molecular formula is C16H24ClN. The van der Waals surface area contributed by atoms with Gasteiger partial charge in [0, 0.05) is 11.1 Å². The van der Waals surface area contributed by atoms with Crippen molar-refractivity contribution < 1.29 is 0 Å². The average molecular weight is 266 g/mol. The molecule has 0 aromatic heterocycles. The molecule has 0 amide bonds. The third-order valence-corrected chi connectivity index (χ3v) is 3.49. The first-order chi connectivity index (χ1) is 8.58. The van der Waals surface area contributed by atoms with E-state index in [1.165, 1.54) is 16.7 Å². The Morgan fingerprint density at radius 2 is 2.11 bits per heavy atom. The second-order valence-electron chi connectivity index (χ2n) is 4.82. The van der Waals surface area contributed by atoms with Crippen molar-refractivity contribution in [3.8, 4) is 0 Å². The number of nitrogens with one attached hydrogen (secondary N) is 1. The first-order valence-electron chi connectivity index (χ1n) is 6.74. The van der Waals surface area contributed by atoms with Gasteiger partial charge in [-0.15, -0.1) is 0 Å². The Labute approximate surface area is 116 Å². The van der Waals surface area contributed by atoms with E-state index in [1.807, 2.05) is 6.07 Å². The Bertz CT molecular complexity index is 398. The maximum absolute atomic E-state index is 6.12. The highest BCUT2D eigenvalue weighted by Crippen LogP contribution is 2.27. The van der Waals surface area contributed by atoms with Crippen molar-refractivity contribution in [2.75, 3.05) is 6.54 Å². The number of hydrogen-bond acceptors (Lipinski definition) is 1. The van der Waals surface area contributed by atoms with Crippen molar-refractivity contribution in [1.29, 1.82) is 0 Å². The van der Waals surface area contributed by atoms with Crippen molar-refractivity contribution in [2.45, 2.75) is 46.1 Å². The highest BCUT2D eigenvalue weighted by molar-refractivity contribution is 6.30. The van der Waals surface area contributed by atoms with Crippen LogP contribution in [0.25, 0.3) is 0 Å². The highest BCUT2D eigenvalue weighted by Gasteiger charge is 2.14. The van der Waals surface area contributed by atoms with Gasteiger partial charge in [-0.1, -0.05) is 43.7 Å². The van der Waals surface area contributed by atoms with E-state index in [1.54, 1.807) is 0 Å². The Kier molecular flexibility index (Phi) is 6.45. The Hall–Kier alpha value is -0.790. The molecule has 2 heteroatoms. The van der Waals surface area contributed by atoms with Crippen molar-refractivity contribution in [3.63, 3.8) is 0 Å². The number of benzene rings is 1. The van der Waals surface area contributed by atoms with Gasteiger partial charge in [0.25, 0.3) is 0 Å². The number of rotatable bonds is 7. The maximum atomic E-state index is 6.12. The molecule has 18 heavy (non-hydrogen) atoms. The topological polar surface area (TPSA) is 12.0 Å². The number of halogens is 1. The summed E-state index contributed by atoms with van der Waals surface area (Å²) in [6.07, 6.45) is 3.15. The van der Waals surface area contributed by atoms with E-state index >= 15 is 0 Å². The summed E-state index contributed by atoms with van der Waals surface area (Å²) >= 11 is 6.12. The molecule has 0 aliphatic rings. The first kappa shape index (κ1) is 15.3. The molecule has 0 aliphatic carbocycles. The number of aryl methyl sites for hydroxylation is 1. The zero-order valence-electron chi connectivity index (χ0n) is 11.7. The Balaban J connectivity index is 2.92. The van der Waals surface area contributed by atoms with Crippen LogP contribution in [0, 0.1) is 6.92 Å².